The minimum absolute atomic E-state index is 0.198. The number of aliphatic carboxylic acids is 1. The van der Waals surface area contributed by atoms with E-state index in [2.05, 4.69) is 5.32 Å². The zero-order valence-electron chi connectivity index (χ0n) is 12.5. The lowest BCUT2D eigenvalue weighted by Gasteiger charge is -2.17. The van der Waals surface area contributed by atoms with Gasteiger partial charge in [0.1, 0.15) is 0 Å². The monoisotopic (exact) mass is 303 g/mol. The Balaban J connectivity index is 1.59. The second-order valence-electron chi connectivity index (χ2n) is 6.21. The van der Waals surface area contributed by atoms with Crippen LogP contribution in [0.15, 0.2) is 18.2 Å². The minimum Gasteiger partial charge on any atom is -0.481 e. The third-order valence-electron chi connectivity index (χ3n) is 4.41. The highest BCUT2D eigenvalue weighted by molar-refractivity contribution is 5.94. The van der Waals surface area contributed by atoms with Gasteiger partial charge in [-0.25, -0.2) is 0 Å². The fraction of sp³-hybridized carbons (Fsp3) is 0.529. The van der Waals surface area contributed by atoms with Gasteiger partial charge in [-0.15, -0.1) is 0 Å². The summed E-state index contributed by atoms with van der Waals surface area (Å²) in [5.74, 6) is -0.977. The van der Waals surface area contributed by atoms with Crippen molar-refractivity contribution >= 4 is 11.9 Å². The first kappa shape index (κ1) is 15.0. The van der Waals surface area contributed by atoms with E-state index in [4.69, 9.17) is 4.74 Å². The van der Waals surface area contributed by atoms with Crippen LogP contribution in [-0.2, 0) is 22.6 Å². The summed E-state index contributed by atoms with van der Waals surface area (Å²) < 4.78 is 5.38. The second-order valence-corrected chi connectivity index (χ2v) is 6.21. The standard InChI is InChI=1S/C17H21NO4/c19-16(18-9-15(17(20)21)7-11-1-2-11)13-3-4-14-10-22-6-5-12(14)8-13/h3-4,8,11,15H,1-2,5-7,9-10H2,(H,18,19)(H,20,21). The van der Waals surface area contributed by atoms with Gasteiger partial charge in [0, 0.05) is 12.1 Å². The number of benzene rings is 1. The highest BCUT2D eigenvalue weighted by atomic mass is 16.5. The Kier molecular flexibility index (Phi) is 4.43. The van der Waals surface area contributed by atoms with Crippen LogP contribution >= 0.6 is 0 Å². The molecule has 118 valence electrons. The van der Waals surface area contributed by atoms with E-state index in [1.807, 2.05) is 12.1 Å². The van der Waals surface area contributed by atoms with Crippen molar-refractivity contribution in [1.29, 1.82) is 0 Å². The van der Waals surface area contributed by atoms with Crippen molar-refractivity contribution in [3.63, 3.8) is 0 Å². The third-order valence-corrected chi connectivity index (χ3v) is 4.41. The summed E-state index contributed by atoms with van der Waals surface area (Å²) >= 11 is 0. The second kappa shape index (κ2) is 6.48. The molecule has 22 heavy (non-hydrogen) atoms. The summed E-state index contributed by atoms with van der Waals surface area (Å²) in [6.07, 6.45) is 3.71. The van der Waals surface area contributed by atoms with Crippen LogP contribution < -0.4 is 5.32 Å². The molecule has 5 nitrogen and oxygen atoms in total. The number of amides is 1. The summed E-state index contributed by atoms with van der Waals surface area (Å²) in [5, 5.41) is 12.0. The maximum atomic E-state index is 12.2. The van der Waals surface area contributed by atoms with Gasteiger partial charge in [-0.2, -0.15) is 0 Å². The number of hydrogen-bond acceptors (Lipinski definition) is 3. The van der Waals surface area contributed by atoms with E-state index in [9.17, 15) is 14.7 Å². The molecule has 1 aliphatic heterocycles. The van der Waals surface area contributed by atoms with E-state index in [-0.39, 0.29) is 12.5 Å². The molecule has 1 unspecified atom stereocenters. The van der Waals surface area contributed by atoms with Crippen LogP contribution in [0.5, 0.6) is 0 Å². The summed E-state index contributed by atoms with van der Waals surface area (Å²) in [4.78, 5) is 23.5. The molecule has 5 heteroatoms. The Labute approximate surface area is 129 Å². The predicted octanol–water partition coefficient (Wildman–Crippen LogP) is 1.99. The first-order chi connectivity index (χ1) is 10.6. The molecule has 1 heterocycles. The van der Waals surface area contributed by atoms with Crippen molar-refractivity contribution in [2.24, 2.45) is 11.8 Å². The van der Waals surface area contributed by atoms with Crippen LogP contribution in [-0.4, -0.2) is 30.1 Å². The molecule has 1 aliphatic carbocycles. The number of carbonyl (C=O) groups excluding carboxylic acids is 1. The molecule has 1 saturated carbocycles. The molecule has 1 amide bonds. The molecule has 1 aromatic rings. The quantitative estimate of drug-likeness (QED) is 0.842. The Hall–Kier alpha value is -1.88. The number of ether oxygens (including phenoxy) is 1. The Morgan fingerprint density at radius 3 is 2.86 bits per heavy atom. The zero-order chi connectivity index (χ0) is 15.5. The molecule has 0 aromatic heterocycles. The van der Waals surface area contributed by atoms with Crippen molar-refractivity contribution in [2.75, 3.05) is 13.2 Å². The van der Waals surface area contributed by atoms with Gasteiger partial charge in [-0.3, -0.25) is 9.59 Å². The minimum atomic E-state index is -0.824. The molecule has 0 spiro atoms. The Bertz CT molecular complexity index is 580. The van der Waals surface area contributed by atoms with Crippen LogP contribution in [0.3, 0.4) is 0 Å². The number of nitrogens with one attached hydrogen (secondary N) is 1. The number of carboxylic acids is 1. The van der Waals surface area contributed by atoms with E-state index in [1.165, 1.54) is 0 Å². The number of fused-ring (bicyclic) bond motifs is 1. The van der Waals surface area contributed by atoms with E-state index in [0.29, 0.717) is 31.1 Å². The van der Waals surface area contributed by atoms with Gasteiger partial charge in [0.05, 0.1) is 19.1 Å². The molecule has 1 atom stereocenters. The molecule has 1 aromatic carbocycles. The lowest BCUT2D eigenvalue weighted by Crippen LogP contribution is -2.33. The first-order valence-corrected chi connectivity index (χ1v) is 7.84. The van der Waals surface area contributed by atoms with Crippen LogP contribution in [0.2, 0.25) is 0 Å². The van der Waals surface area contributed by atoms with Crippen molar-refractivity contribution in [1.82, 2.24) is 5.32 Å². The number of carbonyl (C=O) groups is 2. The highest BCUT2D eigenvalue weighted by Crippen LogP contribution is 2.35. The van der Waals surface area contributed by atoms with Crippen LogP contribution in [0.25, 0.3) is 0 Å². The molecule has 0 radical (unpaired) electrons. The van der Waals surface area contributed by atoms with Gasteiger partial charge in [0.25, 0.3) is 5.91 Å². The zero-order valence-corrected chi connectivity index (χ0v) is 12.5. The molecule has 1 fully saturated rings. The van der Waals surface area contributed by atoms with Gasteiger partial charge in [0.2, 0.25) is 0 Å². The van der Waals surface area contributed by atoms with Crippen molar-refractivity contribution in [3.05, 3.63) is 34.9 Å². The van der Waals surface area contributed by atoms with Gasteiger partial charge >= 0.3 is 5.97 Å². The molecule has 3 rings (SSSR count). The number of rotatable bonds is 6. The van der Waals surface area contributed by atoms with Crippen LogP contribution in [0, 0.1) is 11.8 Å². The average molecular weight is 303 g/mol. The topological polar surface area (TPSA) is 75.6 Å². The van der Waals surface area contributed by atoms with E-state index >= 15 is 0 Å². The third kappa shape index (κ3) is 3.65. The molecule has 2 aliphatic rings. The normalized spacial score (nSPS) is 18.4. The first-order valence-electron chi connectivity index (χ1n) is 7.84. The molecular formula is C17H21NO4. The number of carboxylic acid groups (broad SMARTS) is 1. The van der Waals surface area contributed by atoms with E-state index in [0.717, 1.165) is 30.4 Å². The largest absolute Gasteiger partial charge is 0.481 e. The fourth-order valence-electron chi connectivity index (χ4n) is 2.85. The SMILES string of the molecule is O=C(NCC(CC1CC1)C(=O)O)c1ccc2c(c1)CCOC2. The van der Waals surface area contributed by atoms with Crippen LogP contribution in [0.1, 0.15) is 40.7 Å². The van der Waals surface area contributed by atoms with Gasteiger partial charge in [-0.05, 0) is 42.0 Å². The van der Waals surface area contributed by atoms with Crippen molar-refractivity contribution < 1.29 is 19.4 Å². The fourth-order valence-corrected chi connectivity index (χ4v) is 2.85. The van der Waals surface area contributed by atoms with E-state index < -0.39 is 11.9 Å². The Morgan fingerprint density at radius 2 is 2.14 bits per heavy atom. The van der Waals surface area contributed by atoms with Gasteiger partial charge in [0.15, 0.2) is 0 Å². The van der Waals surface area contributed by atoms with E-state index in [1.54, 1.807) is 6.07 Å². The maximum absolute atomic E-state index is 12.2. The summed E-state index contributed by atoms with van der Waals surface area (Å²) in [6, 6.07) is 5.59. The average Bonchev–Trinajstić information content (AvgIpc) is 3.34. The van der Waals surface area contributed by atoms with Crippen molar-refractivity contribution in [2.45, 2.75) is 32.3 Å². The molecule has 0 saturated heterocycles. The maximum Gasteiger partial charge on any atom is 0.308 e. The molecular weight excluding hydrogens is 282 g/mol. The lowest BCUT2D eigenvalue weighted by atomic mass is 9.99. The molecule has 2 N–H and O–H groups in total. The summed E-state index contributed by atoms with van der Waals surface area (Å²) in [6.45, 7) is 1.48. The number of hydrogen-bond donors (Lipinski definition) is 2. The van der Waals surface area contributed by atoms with Gasteiger partial charge in [-0.1, -0.05) is 18.9 Å². The summed E-state index contributed by atoms with van der Waals surface area (Å²) in [7, 11) is 0. The summed E-state index contributed by atoms with van der Waals surface area (Å²) in [5.41, 5.74) is 2.86. The molecule has 0 bridgehead atoms. The Morgan fingerprint density at radius 1 is 1.32 bits per heavy atom. The highest BCUT2D eigenvalue weighted by Gasteiger charge is 2.29. The predicted molar refractivity (Wildman–Crippen MR) is 80.6 cm³/mol. The smallest absolute Gasteiger partial charge is 0.308 e. The van der Waals surface area contributed by atoms with Crippen LogP contribution in [0.4, 0.5) is 0 Å². The van der Waals surface area contributed by atoms with Gasteiger partial charge < -0.3 is 15.2 Å². The van der Waals surface area contributed by atoms with Crippen molar-refractivity contribution in [3.8, 4) is 0 Å². The lowest BCUT2D eigenvalue weighted by molar-refractivity contribution is -0.141.